The van der Waals surface area contributed by atoms with E-state index in [1.165, 1.54) is 6.07 Å². The smallest absolute Gasteiger partial charge is 0.224 e. The van der Waals surface area contributed by atoms with E-state index in [-0.39, 0.29) is 42.8 Å². The van der Waals surface area contributed by atoms with Crippen LogP contribution in [-0.4, -0.2) is 66.0 Å². The van der Waals surface area contributed by atoms with Gasteiger partial charge in [-0.1, -0.05) is 13.0 Å². The summed E-state index contributed by atoms with van der Waals surface area (Å²) in [7, 11) is 0. The van der Waals surface area contributed by atoms with E-state index in [9.17, 15) is 13.6 Å². The molecule has 0 spiro atoms. The SMILES string of the molecule is CCC(c1ccc(F)cc1F)N1CCN(C(=O)CC2CSCCN2)CC1.Cl.Cl. The van der Waals surface area contributed by atoms with Gasteiger partial charge in [0.1, 0.15) is 11.6 Å². The van der Waals surface area contributed by atoms with Crippen LogP contribution in [0.15, 0.2) is 18.2 Å². The summed E-state index contributed by atoms with van der Waals surface area (Å²) in [6.07, 6.45) is 1.30. The van der Waals surface area contributed by atoms with Crippen LogP contribution in [0.4, 0.5) is 8.78 Å². The molecule has 2 atom stereocenters. The molecule has 0 aromatic heterocycles. The Morgan fingerprint density at radius 1 is 1.25 bits per heavy atom. The standard InChI is InChI=1S/C19H27F2N3OS.2ClH/c1-2-18(16-4-3-14(20)11-17(16)21)23-6-8-24(9-7-23)19(25)12-15-13-26-10-5-22-15;;/h3-4,11,15,18,22H,2,5-10,12-13H2,1H3;2*1H. The normalized spacial score (nSPS) is 21.4. The van der Waals surface area contributed by atoms with E-state index in [2.05, 4.69) is 10.2 Å². The Morgan fingerprint density at radius 3 is 2.54 bits per heavy atom. The molecule has 2 saturated heterocycles. The predicted molar refractivity (Wildman–Crippen MR) is 116 cm³/mol. The third-order valence-electron chi connectivity index (χ3n) is 5.24. The van der Waals surface area contributed by atoms with Crippen molar-refractivity contribution in [2.75, 3.05) is 44.2 Å². The highest BCUT2D eigenvalue weighted by atomic mass is 35.5. The van der Waals surface area contributed by atoms with Gasteiger partial charge in [-0.3, -0.25) is 9.69 Å². The lowest BCUT2D eigenvalue weighted by Gasteiger charge is -2.40. The summed E-state index contributed by atoms with van der Waals surface area (Å²) in [6.45, 7) is 5.74. The lowest BCUT2D eigenvalue weighted by molar-refractivity contribution is -0.133. The molecule has 2 aliphatic rings. The molecule has 1 N–H and O–H groups in total. The van der Waals surface area contributed by atoms with Crippen LogP contribution in [0.5, 0.6) is 0 Å². The van der Waals surface area contributed by atoms with Crippen molar-refractivity contribution in [2.45, 2.75) is 31.8 Å². The van der Waals surface area contributed by atoms with Crippen molar-refractivity contribution in [2.24, 2.45) is 0 Å². The number of nitrogens with zero attached hydrogens (tertiary/aromatic N) is 2. The highest BCUT2D eigenvalue weighted by Gasteiger charge is 2.28. The molecule has 1 aromatic rings. The van der Waals surface area contributed by atoms with Gasteiger partial charge in [0.2, 0.25) is 5.91 Å². The van der Waals surface area contributed by atoms with Crippen LogP contribution in [0, 0.1) is 11.6 Å². The first-order chi connectivity index (χ1) is 12.6. The molecular formula is C19H29Cl2F2N3OS. The van der Waals surface area contributed by atoms with Gasteiger partial charge in [0.05, 0.1) is 0 Å². The third kappa shape index (κ3) is 6.46. The fraction of sp³-hybridized carbons (Fsp3) is 0.632. The molecule has 2 unspecified atom stereocenters. The minimum absolute atomic E-state index is 0. The number of hydrogen-bond donors (Lipinski definition) is 1. The number of thioether (sulfide) groups is 1. The van der Waals surface area contributed by atoms with Crippen molar-refractivity contribution >= 4 is 42.5 Å². The van der Waals surface area contributed by atoms with E-state index in [1.807, 2.05) is 23.6 Å². The monoisotopic (exact) mass is 455 g/mol. The average Bonchev–Trinajstić information content (AvgIpc) is 2.65. The first kappa shape index (κ1) is 25.4. The number of hydrogen-bond acceptors (Lipinski definition) is 4. The minimum atomic E-state index is -0.550. The number of carbonyl (C=O) groups is 1. The summed E-state index contributed by atoms with van der Waals surface area (Å²) < 4.78 is 27.4. The summed E-state index contributed by atoms with van der Waals surface area (Å²) in [4.78, 5) is 16.7. The predicted octanol–water partition coefficient (Wildman–Crippen LogP) is 3.50. The minimum Gasteiger partial charge on any atom is -0.340 e. The Hall–Kier alpha value is -0.600. The van der Waals surface area contributed by atoms with Crippen molar-refractivity contribution < 1.29 is 13.6 Å². The topological polar surface area (TPSA) is 35.6 Å². The Labute approximate surface area is 182 Å². The van der Waals surface area contributed by atoms with Gasteiger partial charge < -0.3 is 10.2 Å². The quantitative estimate of drug-likeness (QED) is 0.736. The first-order valence-electron chi connectivity index (χ1n) is 9.36. The first-order valence-corrected chi connectivity index (χ1v) is 10.5. The molecule has 0 aliphatic carbocycles. The molecule has 1 amide bonds. The molecule has 4 nitrogen and oxygen atoms in total. The number of benzene rings is 1. The summed E-state index contributed by atoms with van der Waals surface area (Å²) in [5, 5.41) is 3.41. The van der Waals surface area contributed by atoms with Crippen LogP contribution >= 0.6 is 36.6 Å². The van der Waals surface area contributed by atoms with E-state index in [0.29, 0.717) is 38.2 Å². The van der Waals surface area contributed by atoms with E-state index < -0.39 is 11.6 Å². The molecule has 2 fully saturated rings. The maximum atomic E-state index is 14.2. The van der Waals surface area contributed by atoms with Gasteiger partial charge in [-0.15, -0.1) is 24.8 Å². The van der Waals surface area contributed by atoms with Crippen LogP contribution in [-0.2, 0) is 4.79 Å². The Bertz CT molecular complexity index is 627. The fourth-order valence-corrected chi connectivity index (χ4v) is 4.77. The Kier molecular flexibility index (Phi) is 11.1. The van der Waals surface area contributed by atoms with Gasteiger partial charge in [-0.05, 0) is 12.5 Å². The summed E-state index contributed by atoms with van der Waals surface area (Å²) >= 11 is 1.90. The van der Waals surface area contributed by atoms with E-state index in [0.717, 1.165) is 30.5 Å². The van der Waals surface area contributed by atoms with Crippen LogP contribution in [0.25, 0.3) is 0 Å². The third-order valence-corrected chi connectivity index (χ3v) is 6.37. The van der Waals surface area contributed by atoms with Crippen molar-refractivity contribution in [3.8, 4) is 0 Å². The van der Waals surface area contributed by atoms with E-state index >= 15 is 0 Å². The zero-order chi connectivity index (χ0) is 18.5. The molecule has 1 aromatic carbocycles. The molecule has 2 heterocycles. The molecule has 28 heavy (non-hydrogen) atoms. The van der Waals surface area contributed by atoms with Crippen LogP contribution in [0.2, 0.25) is 0 Å². The zero-order valence-corrected chi connectivity index (χ0v) is 18.5. The highest BCUT2D eigenvalue weighted by Crippen LogP contribution is 2.28. The zero-order valence-electron chi connectivity index (χ0n) is 16.0. The van der Waals surface area contributed by atoms with E-state index in [1.54, 1.807) is 6.07 Å². The molecule has 0 radical (unpaired) electrons. The average molecular weight is 456 g/mol. The lowest BCUT2D eigenvalue weighted by atomic mass is 10.0. The van der Waals surface area contributed by atoms with Gasteiger partial charge in [-0.25, -0.2) is 8.78 Å². The summed E-state index contributed by atoms with van der Waals surface area (Å²) in [5.74, 6) is 1.27. The second kappa shape index (κ2) is 12.2. The maximum absolute atomic E-state index is 14.2. The summed E-state index contributed by atoms with van der Waals surface area (Å²) in [6, 6.07) is 4.01. The van der Waals surface area contributed by atoms with Gasteiger partial charge in [0.25, 0.3) is 0 Å². The van der Waals surface area contributed by atoms with Crippen LogP contribution < -0.4 is 5.32 Å². The van der Waals surface area contributed by atoms with Gasteiger partial charge in [0.15, 0.2) is 0 Å². The van der Waals surface area contributed by atoms with Crippen molar-refractivity contribution in [3.05, 3.63) is 35.4 Å². The molecule has 9 heteroatoms. The van der Waals surface area contributed by atoms with Crippen molar-refractivity contribution in [3.63, 3.8) is 0 Å². The largest absolute Gasteiger partial charge is 0.340 e. The van der Waals surface area contributed by atoms with E-state index in [4.69, 9.17) is 0 Å². The van der Waals surface area contributed by atoms with Crippen LogP contribution in [0.1, 0.15) is 31.4 Å². The molecule has 2 aliphatic heterocycles. The number of carbonyl (C=O) groups excluding carboxylic acids is 1. The number of amides is 1. The van der Waals surface area contributed by atoms with Gasteiger partial charge >= 0.3 is 0 Å². The maximum Gasteiger partial charge on any atom is 0.224 e. The second-order valence-electron chi connectivity index (χ2n) is 6.94. The van der Waals surface area contributed by atoms with Crippen LogP contribution in [0.3, 0.4) is 0 Å². The fourth-order valence-electron chi connectivity index (χ4n) is 3.82. The number of rotatable bonds is 5. The molecule has 160 valence electrons. The molecule has 3 rings (SSSR count). The Morgan fingerprint density at radius 2 is 1.96 bits per heavy atom. The Balaban J connectivity index is 0.00000196. The second-order valence-corrected chi connectivity index (χ2v) is 8.09. The van der Waals surface area contributed by atoms with Gasteiger partial charge in [0, 0.05) is 74.4 Å². The molecule has 0 saturated carbocycles. The summed E-state index contributed by atoms with van der Waals surface area (Å²) in [5.41, 5.74) is 0.539. The van der Waals surface area contributed by atoms with Gasteiger partial charge in [-0.2, -0.15) is 11.8 Å². The number of nitrogens with one attached hydrogen (secondary N) is 1. The lowest BCUT2D eigenvalue weighted by Crippen LogP contribution is -2.51. The highest BCUT2D eigenvalue weighted by molar-refractivity contribution is 7.99. The molecular weight excluding hydrogens is 427 g/mol. The number of piperazine rings is 1. The van der Waals surface area contributed by atoms with Crippen molar-refractivity contribution in [1.82, 2.24) is 15.1 Å². The number of halogens is 4. The van der Waals surface area contributed by atoms with Crippen molar-refractivity contribution in [1.29, 1.82) is 0 Å². The molecule has 0 bridgehead atoms.